The Hall–Kier alpha value is -4.15. The number of ether oxygens (including phenoxy) is 1. The lowest BCUT2D eigenvalue weighted by Crippen LogP contribution is -2.07. The Morgan fingerprint density at radius 3 is 2.65 bits per heavy atom. The maximum absolute atomic E-state index is 12.4. The lowest BCUT2D eigenvalue weighted by atomic mass is 10.2. The number of nitriles is 1. The van der Waals surface area contributed by atoms with E-state index in [0.717, 1.165) is 21.8 Å². The van der Waals surface area contributed by atoms with E-state index in [1.807, 2.05) is 64.8 Å². The predicted octanol–water partition coefficient (Wildman–Crippen LogP) is 5.16. The quantitative estimate of drug-likeness (QED) is 0.414. The fourth-order valence-electron chi connectivity index (χ4n) is 2.93. The molecule has 7 heteroatoms. The molecule has 2 aromatic heterocycles. The molecule has 1 amide bonds. The van der Waals surface area contributed by atoms with Gasteiger partial charge in [-0.05, 0) is 53.9 Å². The maximum Gasteiger partial charge on any atom is 0.248 e. The molecular formula is C24H18N4O2S. The molecule has 0 aliphatic heterocycles. The number of hydrogen-bond acceptors (Lipinski definition) is 5. The third-order valence-corrected chi connectivity index (χ3v) is 5.23. The Morgan fingerprint density at radius 2 is 1.94 bits per heavy atom. The van der Waals surface area contributed by atoms with Crippen LogP contribution >= 0.6 is 11.3 Å². The summed E-state index contributed by atoms with van der Waals surface area (Å²) in [6.45, 7) is -0.0162. The average molecular weight is 427 g/mol. The van der Waals surface area contributed by atoms with Crippen LogP contribution in [0.2, 0.25) is 0 Å². The zero-order valence-corrected chi connectivity index (χ0v) is 17.3. The standard InChI is InChI=1S/C24H18N4O2S/c25-14-15-30-21-11-9-19(10-12-21)26-23(29)13-8-18-17-28(20-5-2-1-3-6-20)27-24(18)22-7-4-16-31-22/h1-13,16-17H,15H2,(H,26,29)/b13-8+. The second-order valence-electron chi connectivity index (χ2n) is 6.48. The van der Waals surface area contributed by atoms with Crippen LogP contribution in [0.15, 0.2) is 84.4 Å². The molecule has 0 radical (unpaired) electrons. The summed E-state index contributed by atoms with van der Waals surface area (Å²) in [6.07, 6.45) is 5.17. The van der Waals surface area contributed by atoms with E-state index in [4.69, 9.17) is 15.1 Å². The summed E-state index contributed by atoms with van der Waals surface area (Å²) in [5.41, 5.74) is 3.25. The van der Waals surface area contributed by atoms with Gasteiger partial charge in [0.15, 0.2) is 6.61 Å². The van der Waals surface area contributed by atoms with E-state index in [1.54, 1.807) is 41.7 Å². The molecule has 152 valence electrons. The molecule has 0 unspecified atom stereocenters. The van der Waals surface area contributed by atoms with Crippen LogP contribution in [-0.2, 0) is 4.79 Å². The van der Waals surface area contributed by atoms with Crippen LogP contribution in [0, 0.1) is 11.3 Å². The van der Waals surface area contributed by atoms with Crippen molar-refractivity contribution in [3.63, 3.8) is 0 Å². The summed E-state index contributed by atoms with van der Waals surface area (Å²) in [4.78, 5) is 13.5. The molecule has 31 heavy (non-hydrogen) atoms. The normalized spacial score (nSPS) is 10.7. The van der Waals surface area contributed by atoms with Crippen molar-refractivity contribution < 1.29 is 9.53 Å². The molecule has 0 saturated heterocycles. The van der Waals surface area contributed by atoms with Crippen molar-refractivity contribution >= 4 is 29.0 Å². The Balaban J connectivity index is 1.52. The Bertz CT molecular complexity index is 1220. The van der Waals surface area contributed by atoms with Crippen LogP contribution in [-0.4, -0.2) is 22.3 Å². The van der Waals surface area contributed by atoms with Crippen molar-refractivity contribution in [2.75, 3.05) is 11.9 Å². The van der Waals surface area contributed by atoms with Crippen LogP contribution < -0.4 is 10.1 Å². The number of rotatable bonds is 7. The fraction of sp³-hybridized carbons (Fsp3) is 0.0417. The number of para-hydroxylation sites is 1. The highest BCUT2D eigenvalue weighted by Crippen LogP contribution is 2.28. The largest absolute Gasteiger partial charge is 0.479 e. The van der Waals surface area contributed by atoms with E-state index >= 15 is 0 Å². The van der Waals surface area contributed by atoms with Crippen LogP contribution in [0.25, 0.3) is 22.3 Å². The van der Waals surface area contributed by atoms with Gasteiger partial charge in [-0.2, -0.15) is 10.4 Å². The van der Waals surface area contributed by atoms with Crippen molar-refractivity contribution in [2.24, 2.45) is 0 Å². The first-order chi connectivity index (χ1) is 15.2. The third kappa shape index (κ3) is 5.07. The second kappa shape index (κ2) is 9.57. The number of thiophene rings is 1. The Labute approximate surface area is 183 Å². The van der Waals surface area contributed by atoms with Gasteiger partial charge >= 0.3 is 0 Å². The number of hydrogen-bond donors (Lipinski definition) is 1. The molecule has 4 aromatic rings. The molecule has 1 N–H and O–H groups in total. The molecule has 4 rings (SSSR count). The lowest BCUT2D eigenvalue weighted by Gasteiger charge is -2.04. The highest BCUT2D eigenvalue weighted by atomic mass is 32.1. The van der Waals surface area contributed by atoms with Gasteiger partial charge in [0.25, 0.3) is 0 Å². The van der Waals surface area contributed by atoms with E-state index < -0.39 is 0 Å². The fourth-order valence-corrected chi connectivity index (χ4v) is 3.66. The Kier molecular flexibility index (Phi) is 6.21. The first-order valence-corrected chi connectivity index (χ1v) is 10.4. The number of aromatic nitrogens is 2. The van der Waals surface area contributed by atoms with Gasteiger partial charge in [0.2, 0.25) is 5.91 Å². The van der Waals surface area contributed by atoms with Gasteiger partial charge in [0.1, 0.15) is 17.5 Å². The van der Waals surface area contributed by atoms with Gasteiger partial charge < -0.3 is 10.1 Å². The van der Waals surface area contributed by atoms with Crippen molar-refractivity contribution in [1.29, 1.82) is 5.26 Å². The summed E-state index contributed by atoms with van der Waals surface area (Å²) < 4.78 is 7.02. The van der Waals surface area contributed by atoms with Gasteiger partial charge in [-0.3, -0.25) is 4.79 Å². The van der Waals surface area contributed by atoms with E-state index in [2.05, 4.69) is 5.32 Å². The van der Waals surface area contributed by atoms with E-state index in [-0.39, 0.29) is 12.5 Å². The summed E-state index contributed by atoms with van der Waals surface area (Å²) in [5, 5.41) is 18.1. The molecule has 0 aliphatic carbocycles. The summed E-state index contributed by atoms with van der Waals surface area (Å²) in [6, 6.07) is 22.6. The van der Waals surface area contributed by atoms with Crippen molar-refractivity contribution in [3.05, 3.63) is 89.9 Å². The van der Waals surface area contributed by atoms with Gasteiger partial charge in [0, 0.05) is 23.5 Å². The molecule has 0 bridgehead atoms. The van der Waals surface area contributed by atoms with E-state index in [1.165, 1.54) is 6.08 Å². The number of amides is 1. The maximum atomic E-state index is 12.4. The summed E-state index contributed by atoms with van der Waals surface area (Å²) in [7, 11) is 0. The van der Waals surface area contributed by atoms with Gasteiger partial charge in [-0.25, -0.2) is 4.68 Å². The lowest BCUT2D eigenvalue weighted by molar-refractivity contribution is -0.111. The minimum absolute atomic E-state index is 0.0162. The second-order valence-corrected chi connectivity index (χ2v) is 7.43. The number of carbonyl (C=O) groups is 1. The SMILES string of the molecule is N#CCOc1ccc(NC(=O)/C=C/c2cn(-c3ccccc3)nc2-c2cccs2)cc1. The van der Waals surface area contributed by atoms with Crippen molar-refractivity contribution in [2.45, 2.75) is 0 Å². The van der Waals surface area contributed by atoms with E-state index in [0.29, 0.717) is 11.4 Å². The topological polar surface area (TPSA) is 79.9 Å². The zero-order chi connectivity index (χ0) is 21.5. The van der Waals surface area contributed by atoms with E-state index in [9.17, 15) is 4.79 Å². The predicted molar refractivity (Wildman–Crippen MR) is 122 cm³/mol. The molecule has 0 saturated carbocycles. The number of nitrogens with zero attached hydrogens (tertiary/aromatic N) is 3. The summed E-state index contributed by atoms with van der Waals surface area (Å²) >= 11 is 1.60. The minimum Gasteiger partial charge on any atom is -0.479 e. The molecule has 2 aromatic carbocycles. The first kappa shape index (κ1) is 20.1. The summed E-state index contributed by atoms with van der Waals surface area (Å²) in [5.74, 6) is 0.319. The van der Waals surface area contributed by atoms with Crippen molar-refractivity contribution in [3.8, 4) is 28.1 Å². The van der Waals surface area contributed by atoms with Crippen LogP contribution in [0.5, 0.6) is 5.75 Å². The molecule has 0 aliphatic rings. The van der Waals surface area contributed by atoms with Gasteiger partial charge in [-0.15, -0.1) is 11.3 Å². The number of nitrogens with one attached hydrogen (secondary N) is 1. The highest BCUT2D eigenvalue weighted by molar-refractivity contribution is 7.13. The van der Waals surface area contributed by atoms with Gasteiger partial charge in [0.05, 0.1) is 10.6 Å². The third-order valence-electron chi connectivity index (χ3n) is 4.36. The van der Waals surface area contributed by atoms with Crippen LogP contribution in [0.4, 0.5) is 5.69 Å². The molecule has 6 nitrogen and oxygen atoms in total. The molecule has 2 heterocycles. The number of benzene rings is 2. The van der Waals surface area contributed by atoms with Crippen molar-refractivity contribution in [1.82, 2.24) is 9.78 Å². The molecule has 0 fully saturated rings. The average Bonchev–Trinajstić information content (AvgIpc) is 3.48. The molecule has 0 spiro atoms. The van der Waals surface area contributed by atoms with Crippen LogP contribution in [0.1, 0.15) is 5.56 Å². The Morgan fingerprint density at radius 1 is 1.13 bits per heavy atom. The number of anilines is 1. The van der Waals surface area contributed by atoms with Crippen LogP contribution in [0.3, 0.4) is 0 Å². The molecule has 0 atom stereocenters. The number of carbonyl (C=O) groups excluding carboxylic acids is 1. The molecular weight excluding hydrogens is 408 g/mol. The smallest absolute Gasteiger partial charge is 0.248 e. The minimum atomic E-state index is -0.254. The monoisotopic (exact) mass is 426 g/mol. The van der Waals surface area contributed by atoms with Gasteiger partial charge in [-0.1, -0.05) is 24.3 Å². The first-order valence-electron chi connectivity index (χ1n) is 9.51. The highest BCUT2D eigenvalue weighted by Gasteiger charge is 2.11. The zero-order valence-electron chi connectivity index (χ0n) is 16.4.